The van der Waals surface area contributed by atoms with E-state index in [9.17, 15) is 9.59 Å². The topological polar surface area (TPSA) is 68.1 Å². The number of rotatable bonds is 3. The third-order valence-electron chi connectivity index (χ3n) is 6.08. The quantitative estimate of drug-likeness (QED) is 0.667. The molecule has 5 rings (SSSR count). The van der Waals surface area contributed by atoms with E-state index in [4.69, 9.17) is 0 Å². The van der Waals surface area contributed by atoms with Crippen LogP contribution in [0.2, 0.25) is 0 Å². The van der Waals surface area contributed by atoms with Gasteiger partial charge in [0, 0.05) is 25.7 Å². The van der Waals surface area contributed by atoms with Crippen molar-refractivity contribution in [3.8, 4) is 0 Å². The number of fused-ring (bicyclic) bond motifs is 2. The number of aromatic nitrogens is 3. The molecule has 1 fully saturated rings. The Bertz CT molecular complexity index is 1080. The molecule has 0 spiro atoms. The van der Waals surface area contributed by atoms with Crippen molar-refractivity contribution >= 4 is 27.5 Å². The Balaban J connectivity index is 1.24. The van der Waals surface area contributed by atoms with E-state index >= 15 is 0 Å². The minimum atomic E-state index is 0.0126. The van der Waals surface area contributed by atoms with Crippen LogP contribution in [-0.2, 0) is 19.4 Å². The second kappa shape index (κ2) is 7.71. The zero-order chi connectivity index (χ0) is 19.8. The van der Waals surface area contributed by atoms with Gasteiger partial charge in [0.25, 0.3) is 11.5 Å². The molecule has 150 valence electrons. The molecule has 3 heterocycles. The molecule has 0 radical (unpaired) electrons. The average Bonchev–Trinajstić information content (AvgIpc) is 3.19. The van der Waals surface area contributed by atoms with Crippen molar-refractivity contribution in [2.75, 3.05) is 13.1 Å². The number of para-hydroxylation sites is 1. The van der Waals surface area contributed by atoms with Crippen LogP contribution >= 0.6 is 11.3 Å². The smallest absolute Gasteiger partial charge is 0.282 e. The average molecular weight is 409 g/mol. The number of hydrogen-bond donors (Lipinski definition) is 0. The van der Waals surface area contributed by atoms with Gasteiger partial charge in [-0.1, -0.05) is 12.1 Å². The Labute approximate surface area is 173 Å². The van der Waals surface area contributed by atoms with Crippen LogP contribution in [0.4, 0.5) is 0 Å². The molecule has 1 aliphatic carbocycles. The van der Waals surface area contributed by atoms with E-state index in [0.717, 1.165) is 60.0 Å². The minimum absolute atomic E-state index is 0.0126. The molecular formula is C22H24N4O2S. The highest BCUT2D eigenvalue weighted by molar-refractivity contribution is 7.20. The lowest BCUT2D eigenvalue weighted by molar-refractivity contribution is 0.0680. The summed E-state index contributed by atoms with van der Waals surface area (Å²) in [6.07, 6.45) is 6.04. The van der Waals surface area contributed by atoms with E-state index in [1.54, 1.807) is 10.7 Å². The van der Waals surface area contributed by atoms with Gasteiger partial charge in [-0.2, -0.15) is 5.10 Å². The molecule has 2 aromatic heterocycles. The predicted octanol–water partition coefficient (Wildman–Crippen LogP) is 3.28. The first-order chi connectivity index (χ1) is 14.2. The zero-order valence-corrected chi connectivity index (χ0v) is 17.2. The number of aryl methyl sites for hydroxylation is 2. The maximum Gasteiger partial charge on any atom is 0.282 e. The second-order valence-electron chi connectivity index (χ2n) is 8.07. The summed E-state index contributed by atoms with van der Waals surface area (Å²) in [6, 6.07) is 9.64. The molecule has 0 saturated carbocycles. The van der Waals surface area contributed by atoms with E-state index in [1.807, 2.05) is 29.2 Å². The molecule has 1 saturated heterocycles. The van der Waals surface area contributed by atoms with Gasteiger partial charge in [0.15, 0.2) is 5.01 Å². The Kier molecular flexibility index (Phi) is 4.91. The number of nitrogens with zero attached hydrogens (tertiary/aromatic N) is 4. The van der Waals surface area contributed by atoms with Crippen LogP contribution in [0, 0.1) is 5.92 Å². The third kappa shape index (κ3) is 3.71. The standard InChI is InChI=1S/C22H24N4O2S/c27-20-13-16-5-1-2-6-17(16)24-26(20)14-15-9-11-25(12-10-15)22(28)21-23-18-7-3-4-8-19(18)29-21/h3-4,7-8,13,15H,1-2,5-6,9-12,14H2. The molecular weight excluding hydrogens is 384 g/mol. The van der Waals surface area contributed by atoms with E-state index in [0.29, 0.717) is 30.6 Å². The van der Waals surface area contributed by atoms with Crippen LogP contribution in [0.3, 0.4) is 0 Å². The summed E-state index contributed by atoms with van der Waals surface area (Å²) in [7, 11) is 0. The number of carbonyl (C=O) groups excluding carboxylic acids is 1. The van der Waals surface area contributed by atoms with Crippen molar-refractivity contribution in [2.24, 2.45) is 5.92 Å². The first kappa shape index (κ1) is 18.5. The summed E-state index contributed by atoms with van der Waals surface area (Å²) in [5.41, 5.74) is 3.13. The van der Waals surface area contributed by atoms with Crippen LogP contribution in [0.5, 0.6) is 0 Å². The summed E-state index contributed by atoms with van der Waals surface area (Å²) in [5.74, 6) is 0.398. The van der Waals surface area contributed by atoms with Crippen molar-refractivity contribution in [3.63, 3.8) is 0 Å². The molecule has 6 nitrogen and oxygen atoms in total. The molecule has 7 heteroatoms. The first-order valence-electron chi connectivity index (χ1n) is 10.4. The molecule has 1 aliphatic heterocycles. The monoisotopic (exact) mass is 408 g/mol. The molecule has 3 aromatic rings. The normalized spacial score (nSPS) is 17.4. The molecule has 2 aliphatic rings. The minimum Gasteiger partial charge on any atom is -0.337 e. The molecule has 1 amide bonds. The maximum atomic E-state index is 12.9. The van der Waals surface area contributed by atoms with Crippen LogP contribution in [0.25, 0.3) is 10.2 Å². The van der Waals surface area contributed by atoms with E-state index in [-0.39, 0.29) is 11.5 Å². The van der Waals surface area contributed by atoms with Gasteiger partial charge in [0.05, 0.1) is 15.9 Å². The van der Waals surface area contributed by atoms with Crippen molar-refractivity contribution in [2.45, 2.75) is 45.1 Å². The second-order valence-corrected chi connectivity index (χ2v) is 9.10. The number of likely N-dealkylation sites (tertiary alicyclic amines) is 1. The van der Waals surface area contributed by atoms with Gasteiger partial charge < -0.3 is 4.90 Å². The van der Waals surface area contributed by atoms with Gasteiger partial charge in [0.2, 0.25) is 0 Å². The van der Waals surface area contributed by atoms with E-state index in [2.05, 4.69) is 10.1 Å². The first-order valence-corrected chi connectivity index (χ1v) is 11.2. The number of carbonyl (C=O) groups is 1. The molecule has 1 aromatic carbocycles. The summed E-state index contributed by atoms with van der Waals surface area (Å²) in [5, 5.41) is 5.22. The van der Waals surface area contributed by atoms with Crippen LogP contribution in [0.15, 0.2) is 35.1 Å². The molecule has 0 unspecified atom stereocenters. The number of thiazole rings is 1. The highest BCUT2D eigenvalue weighted by atomic mass is 32.1. The molecule has 0 N–H and O–H groups in total. The highest BCUT2D eigenvalue weighted by Gasteiger charge is 2.26. The van der Waals surface area contributed by atoms with E-state index < -0.39 is 0 Å². The molecule has 29 heavy (non-hydrogen) atoms. The predicted molar refractivity (Wildman–Crippen MR) is 113 cm³/mol. The summed E-state index contributed by atoms with van der Waals surface area (Å²) in [4.78, 5) is 31.7. The van der Waals surface area contributed by atoms with Crippen LogP contribution in [-0.4, -0.2) is 38.7 Å². The SMILES string of the molecule is O=C(c1nc2ccccc2s1)N1CCC(Cn2nc3c(cc2=O)CCCC3)CC1. The zero-order valence-electron chi connectivity index (χ0n) is 16.3. The lowest BCUT2D eigenvalue weighted by atomic mass is 9.96. The van der Waals surface area contributed by atoms with Gasteiger partial charge in [-0.3, -0.25) is 9.59 Å². The Hall–Kier alpha value is -2.54. The van der Waals surface area contributed by atoms with E-state index in [1.165, 1.54) is 11.3 Å². The number of benzene rings is 1. The highest BCUT2D eigenvalue weighted by Crippen LogP contribution is 2.25. The van der Waals surface area contributed by atoms with Crippen molar-refractivity contribution in [1.82, 2.24) is 19.7 Å². The largest absolute Gasteiger partial charge is 0.337 e. The third-order valence-corrected chi connectivity index (χ3v) is 7.11. The van der Waals surface area contributed by atoms with Crippen molar-refractivity contribution in [3.05, 3.63) is 57.0 Å². The maximum absolute atomic E-state index is 12.9. The summed E-state index contributed by atoms with van der Waals surface area (Å²) >= 11 is 1.46. The number of hydrogen-bond acceptors (Lipinski definition) is 5. The molecule has 0 atom stereocenters. The fourth-order valence-electron chi connectivity index (χ4n) is 4.39. The number of amides is 1. The van der Waals surface area contributed by atoms with Crippen molar-refractivity contribution in [1.29, 1.82) is 0 Å². The van der Waals surface area contributed by atoms with Gasteiger partial charge in [0.1, 0.15) is 0 Å². The van der Waals surface area contributed by atoms with Gasteiger partial charge in [-0.25, -0.2) is 9.67 Å². The lowest BCUT2D eigenvalue weighted by Gasteiger charge is -2.31. The lowest BCUT2D eigenvalue weighted by Crippen LogP contribution is -2.40. The fourth-order valence-corrected chi connectivity index (χ4v) is 5.33. The Morgan fingerprint density at radius 1 is 1.14 bits per heavy atom. The Morgan fingerprint density at radius 2 is 1.93 bits per heavy atom. The summed E-state index contributed by atoms with van der Waals surface area (Å²) in [6.45, 7) is 2.06. The van der Waals surface area contributed by atoms with Gasteiger partial charge in [-0.15, -0.1) is 11.3 Å². The fraction of sp³-hybridized carbons (Fsp3) is 0.455. The molecule has 0 bridgehead atoms. The van der Waals surface area contributed by atoms with Crippen LogP contribution < -0.4 is 5.56 Å². The van der Waals surface area contributed by atoms with Crippen LogP contribution in [0.1, 0.15) is 46.7 Å². The summed E-state index contributed by atoms with van der Waals surface area (Å²) < 4.78 is 2.70. The number of piperidine rings is 1. The van der Waals surface area contributed by atoms with Crippen molar-refractivity contribution < 1.29 is 4.79 Å². The van der Waals surface area contributed by atoms with Gasteiger partial charge in [-0.05, 0) is 62.1 Å². The Morgan fingerprint density at radius 3 is 2.76 bits per heavy atom. The van der Waals surface area contributed by atoms with Gasteiger partial charge >= 0.3 is 0 Å².